The Morgan fingerprint density at radius 2 is 1.69 bits per heavy atom. The Kier molecular flexibility index (Phi) is 6.29. The van der Waals surface area contributed by atoms with Gasteiger partial charge in [0.25, 0.3) is 10.0 Å². The van der Waals surface area contributed by atoms with Crippen LogP contribution in [-0.2, 0) is 10.0 Å². The van der Waals surface area contributed by atoms with Crippen molar-refractivity contribution in [3.8, 4) is 11.5 Å². The standard InChI is InChI=1S/C20H16Cl2N4O4S2/c1-29-12-7-11(8-13(9-12)30-2)23-19-20(26-32(27,28)14-5-6-31-10-14)24-16-4-3-15(21)17(22)18(16)25-19/h3-10H,1-2H3,(H,23,25)(H,24,26). The number of methoxy groups -OCH3 is 2. The zero-order valence-corrected chi connectivity index (χ0v) is 19.9. The summed E-state index contributed by atoms with van der Waals surface area (Å²) in [6, 6.07) is 9.78. The van der Waals surface area contributed by atoms with Crippen LogP contribution in [0.4, 0.5) is 17.3 Å². The van der Waals surface area contributed by atoms with Crippen LogP contribution in [0.3, 0.4) is 0 Å². The van der Waals surface area contributed by atoms with E-state index in [1.165, 1.54) is 37.0 Å². The molecule has 0 atom stereocenters. The first kappa shape index (κ1) is 22.4. The molecule has 0 amide bonds. The number of sulfonamides is 1. The lowest BCUT2D eigenvalue weighted by Gasteiger charge is -2.15. The van der Waals surface area contributed by atoms with Gasteiger partial charge in [-0.05, 0) is 23.6 Å². The molecule has 0 fully saturated rings. The highest BCUT2D eigenvalue weighted by Crippen LogP contribution is 2.35. The minimum absolute atomic E-state index is 0.0103. The van der Waals surface area contributed by atoms with Gasteiger partial charge in [-0.3, -0.25) is 4.72 Å². The number of rotatable bonds is 7. The lowest BCUT2D eigenvalue weighted by atomic mass is 10.2. The molecule has 0 saturated heterocycles. The largest absolute Gasteiger partial charge is 0.497 e. The molecule has 2 aromatic heterocycles. The van der Waals surface area contributed by atoms with Crippen LogP contribution in [0.5, 0.6) is 11.5 Å². The monoisotopic (exact) mass is 510 g/mol. The second-order valence-electron chi connectivity index (χ2n) is 6.44. The molecule has 2 aromatic carbocycles. The molecule has 4 rings (SSSR count). The Morgan fingerprint density at radius 1 is 0.969 bits per heavy atom. The van der Waals surface area contributed by atoms with Gasteiger partial charge in [0.15, 0.2) is 11.6 Å². The molecule has 4 aromatic rings. The SMILES string of the molecule is COc1cc(Nc2nc3c(Cl)c(Cl)ccc3nc2NS(=O)(=O)c2ccsc2)cc(OC)c1. The van der Waals surface area contributed by atoms with E-state index < -0.39 is 10.0 Å². The predicted molar refractivity (Wildman–Crippen MR) is 128 cm³/mol. The summed E-state index contributed by atoms with van der Waals surface area (Å²) in [4.78, 5) is 9.07. The molecule has 0 aliphatic rings. The van der Waals surface area contributed by atoms with Gasteiger partial charge in [-0.25, -0.2) is 18.4 Å². The van der Waals surface area contributed by atoms with Gasteiger partial charge in [-0.1, -0.05) is 23.2 Å². The van der Waals surface area contributed by atoms with Crippen LogP contribution in [0.15, 0.2) is 52.1 Å². The van der Waals surface area contributed by atoms with E-state index >= 15 is 0 Å². The normalized spacial score (nSPS) is 11.4. The maximum atomic E-state index is 12.8. The van der Waals surface area contributed by atoms with Gasteiger partial charge < -0.3 is 14.8 Å². The van der Waals surface area contributed by atoms with Crippen LogP contribution in [0.2, 0.25) is 10.0 Å². The van der Waals surface area contributed by atoms with Gasteiger partial charge >= 0.3 is 0 Å². The number of nitrogens with zero attached hydrogens (tertiary/aromatic N) is 2. The van der Waals surface area contributed by atoms with Crippen molar-refractivity contribution in [3.05, 3.63) is 57.2 Å². The number of hydrogen-bond acceptors (Lipinski definition) is 8. The molecular weight excluding hydrogens is 495 g/mol. The molecule has 12 heteroatoms. The summed E-state index contributed by atoms with van der Waals surface area (Å²) in [7, 11) is -0.839. The number of ether oxygens (including phenoxy) is 2. The summed E-state index contributed by atoms with van der Waals surface area (Å²) in [5.41, 5.74) is 1.22. The Balaban J connectivity index is 1.85. The molecule has 0 aliphatic carbocycles. The van der Waals surface area contributed by atoms with E-state index in [-0.39, 0.29) is 21.6 Å². The Labute approximate surface area is 198 Å². The Morgan fingerprint density at radius 3 is 2.31 bits per heavy atom. The first-order valence-electron chi connectivity index (χ1n) is 9.01. The van der Waals surface area contributed by atoms with Crippen molar-refractivity contribution in [1.82, 2.24) is 9.97 Å². The predicted octanol–water partition coefficient (Wildman–Crippen LogP) is 5.56. The van der Waals surface area contributed by atoms with E-state index in [0.29, 0.717) is 33.2 Å². The highest BCUT2D eigenvalue weighted by molar-refractivity contribution is 7.92. The fourth-order valence-corrected chi connectivity index (χ4v) is 5.22. The minimum atomic E-state index is -3.89. The van der Waals surface area contributed by atoms with Crippen LogP contribution in [0, 0.1) is 0 Å². The van der Waals surface area contributed by atoms with Crippen LogP contribution in [0.25, 0.3) is 11.0 Å². The molecule has 0 unspecified atom stereocenters. The first-order chi connectivity index (χ1) is 15.3. The molecule has 2 N–H and O–H groups in total. The van der Waals surface area contributed by atoms with Crippen molar-refractivity contribution in [3.63, 3.8) is 0 Å². The molecule has 0 bridgehead atoms. The van der Waals surface area contributed by atoms with Crippen molar-refractivity contribution in [2.45, 2.75) is 4.90 Å². The molecule has 0 saturated carbocycles. The summed E-state index contributed by atoms with van der Waals surface area (Å²) in [5, 5.41) is 6.76. The number of aromatic nitrogens is 2. The molecule has 166 valence electrons. The summed E-state index contributed by atoms with van der Waals surface area (Å²) in [6.07, 6.45) is 0. The van der Waals surface area contributed by atoms with Crippen LogP contribution in [-0.4, -0.2) is 32.6 Å². The van der Waals surface area contributed by atoms with E-state index in [1.54, 1.807) is 35.7 Å². The lowest BCUT2D eigenvalue weighted by Crippen LogP contribution is -2.15. The Bertz CT molecular complexity index is 1370. The summed E-state index contributed by atoms with van der Waals surface area (Å²) in [5.74, 6) is 1.17. The van der Waals surface area contributed by atoms with Gasteiger partial charge in [-0.15, -0.1) is 0 Å². The fraction of sp³-hybridized carbons (Fsp3) is 0.100. The number of halogens is 2. The van der Waals surface area contributed by atoms with E-state index in [9.17, 15) is 8.42 Å². The van der Waals surface area contributed by atoms with Gasteiger partial charge in [0.1, 0.15) is 17.0 Å². The maximum absolute atomic E-state index is 12.8. The third kappa shape index (κ3) is 4.53. The summed E-state index contributed by atoms with van der Waals surface area (Å²) < 4.78 is 38.8. The quantitative estimate of drug-likeness (QED) is 0.335. The van der Waals surface area contributed by atoms with Gasteiger partial charge in [-0.2, -0.15) is 11.3 Å². The molecule has 2 heterocycles. The highest BCUT2D eigenvalue weighted by Gasteiger charge is 2.21. The number of fused-ring (bicyclic) bond motifs is 1. The van der Waals surface area contributed by atoms with Crippen LogP contribution < -0.4 is 19.5 Å². The van der Waals surface area contributed by atoms with Gasteiger partial charge in [0.2, 0.25) is 0 Å². The Hall–Kier alpha value is -2.79. The van der Waals surface area contributed by atoms with E-state index in [2.05, 4.69) is 20.0 Å². The number of anilines is 3. The second-order valence-corrected chi connectivity index (χ2v) is 9.69. The van der Waals surface area contributed by atoms with E-state index in [0.717, 1.165) is 0 Å². The number of thiophene rings is 1. The average molecular weight is 511 g/mol. The summed E-state index contributed by atoms with van der Waals surface area (Å²) >= 11 is 13.7. The average Bonchev–Trinajstić information content (AvgIpc) is 3.33. The zero-order chi connectivity index (χ0) is 22.9. The zero-order valence-electron chi connectivity index (χ0n) is 16.7. The molecule has 0 spiro atoms. The van der Waals surface area contributed by atoms with Crippen LogP contribution >= 0.6 is 34.5 Å². The van der Waals surface area contributed by atoms with Crippen molar-refractivity contribution >= 4 is 72.9 Å². The number of nitrogens with one attached hydrogen (secondary N) is 2. The number of hydrogen-bond donors (Lipinski definition) is 2. The van der Waals surface area contributed by atoms with Crippen molar-refractivity contribution in [1.29, 1.82) is 0 Å². The molecule has 0 aliphatic heterocycles. The minimum Gasteiger partial charge on any atom is -0.497 e. The topological polar surface area (TPSA) is 102 Å². The number of benzene rings is 2. The smallest absolute Gasteiger partial charge is 0.263 e. The van der Waals surface area contributed by atoms with Crippen LogP contribution in [0.1, 0.15) is 0 Å². The molecule has 8 nitrogen and oxygen atoms in total. The van der Waals surface area contributed by atoms with E-state index in [4.69, 9.17) is 32.7 Å². The molecular formula is C20H16Cl2N4O4S2. The lowest BCUT2D eigenvalue weighted by molar-refractivity contribution is 0.395. The third-order valence-corrected chi connectivity index (χ3v) is 7.34. The molecule has 0 radical (unpaired) electrons. The fourth-order valence-electron chi connectivity index (χ4n) is 2.83. The van der Waals surface area contributed by atoms with Crippen molar-refractivity contribution in [2.75, 3.05) is 24.3 Å². The van der Waals surface area contributed by atoms with Gasteiger partial charge in [0.05, 0.1) is 34.7 Å². The van der Waals surface area contributed by atoms with E-state index in [1.807, 2.05) is 0 Å². The second kappa shape index (κ2) is 8.99. The third-order valence-electron chi connectivity index (χ3n) is 4.38. The first-order valence-corrected chi connectivity index (χ1v) is 12.2. The summed E-state index contributed by atoms with van der Waals surface area (Å²) in [6.45, 7) is 0. The van der Waals surface area contributed by atoms with Crippen molar-refractivity contribution in [2.24, 2.45) is 0 Å². The van der Waals surface area contributed by atoms with Crippen molar-refractivity contribution < 1.29 is 17.9 Å². The highest BCUT2D eigenvalue weighted by atomic mass is 35.5. The van der Waals surface area contributed by atoms with Gasteiger partial charge in [0, 0.05) is 29.3 Å². The maximum Gasteiger partial charge on any atom is 0.263 e. The molecule has 32 heavy (non-hydrogen) atoms.